The molecule has 0 saturated heterocycles. The fourth-order valence-corrected chi connectivity index (χ4v) is 1.32. The maximum atomic E-state index is 12.5. The van der Waals surface area contributed by atoms with Crippen LogP contribution >= 0.6 is 0 Å². The number of halogens is 2. The lowest BCUT2D eigenvalue weighted by Crippen LogP contribution is -2.21. The van der Waals surface area contributed by atoms with Crippen molar-refractivity contribution in [3.05, 3.63) is 17.5 Å². The molecule has 0 radical (unpaired) electrons. The predicted molar refractivity (Wildman–Crippen MR) is 47.6 cm³/mol. The van der Waals surface area contributed by atoms with Crippen LogP contribution in [0.4, 0.5) is 8.78 Å². The molecule has 1 aromatic rings. The molecule has 0 aliphatic heterocycles. The first-order valence-corrected chi connectivity index (χ1v) is 4.21. The number of aryl methyl sites for hydroxylation is 1. The Bertz CT molecular complexity index is 365. The number of carbonyl (C=O) groups is 1. The lowest BCUT2D eigenvalue weighted by atomic mass is 10.0. The van der Waals surface area contributed by atoms with E-state index in [1.54, 1.807) is 0 Å². The molecule has 1 atom stereocenters. The molecule has 0 aliphatic rings. The van der Waals surface area contributed by atoms with Gasteiger partial charge in [0.1, 0.15) is 5.69 Å². The molecule has 5 nitrogen and oxygen atoms in total. The molecular formula is C8H11F2N3O2. The Balaban J connectivity index is 3.16. The average molecular weight is 219 g/mol. The summed E-state index contributed by atoms with van der Waals surface area (Å²) in [5, 5.41) is 12.3. The summed E-state index contributed by atoms with van der Waals surface area (Å²) < 4.78 is 26.1. The van der Waals surface area contributed by atoms with Crippen molar-refractivity contribution in [3.8, 4) is 0 Å². The van der Waals surface area contributed by atoms with Crippen molar-refractivity contribution in [2.45, 2.75) is 12.3 Å². The van der Waals surface area contributed by atoms with Crippen molar-refractivity contribution in [1.29, 1.82) is 0 Å². The summed E-state index contributed by atoms with van der Waals surface area (Å²) in [6, 6.07) is 0. The molecule has 0 bridgehead atoms. The highest BCUT2D eigenvalue weighted by molar-refractivity contribution is 5.76. The zero-order valence-electron chi connectivity index (χ0n) is 8.02. The first kappa shape index (κ1) is 11.6. The lowest BCUT2D eigenvalue weighted by Gasteiger charge is -2.08. The molecule has 0 aromatic carbocycles. The SMILES string of the molecule is Cn1cc(C(CN)C(=O)O)c(C(F)F)n1. The van der Waals surface area contributed by atoms with Crippen molar-refractivity contribution in [2.75, 3.05) is 6.54 Å². The van der Waals surface area contributed by atoms with E-state index in [2.05, 4.69) is 5.10 Å². The number of carboxylic acid groups (broad SMARTS) is 1. The second-order valence-corrected chi connectivity index (χ2v) is 3.07. The van der Waals surface area contributed by atoms with Gasteiger partial charge in [0.25, 0.3) is 6.43 Å². The van der Waals surface area contributed by atoms with Crippen LogP contribution in [0, 0.1) is 0 Å². The number of aliphatic carboxylic acids is 1. The fourth-order valence-electron chi connectivity index (χ4n) is 1.32. The number of nitrogens with zero attached hydrogens (tertiary/aromatic N) is 2. The van der Waals surface area contributed by atoms with Gasteiger partial charge in [-0.05, 0) is 0 Å². The number of hydrogen-bond donors (Lipinski definition) is 2. The van der Waals surface area contributed by atoms with Crippen LogP contribution in [0.2, 0.25) is 0 Å². The number of alkyl halides is 2. The maximum Gasteiger partial charge on any atom is 0.312 e. The van der Waals surface area contributed by atoms with Gasteiger partial charge in [-0.2, -0.15) is 5.10 Å². The van der Waals surface area contributed by atoms with E-state index in [1.807, 2.05) is 0 Å². The van der Waals surface area contributed by atoms with E-state index >= 15 is 0 Å². The minimum atomic E-state index is -2.80. The standard InChI is InChI=1S/C8H11F2N3O2/c1-13-3-5(4(2-11)8(14)15)6(12-13)7(9)10/h3-4,7H,2,11H2,1H3,(H,14,15). The summed E-state index contributed by atoms with van der Waals surface area (Å²) in [7, 11) is 1.45. The average Bonchev–Trinajstić information content (AvgIpc) is 2.48. The largest absolute Gasteiger partial charge is 0.481 e. The van der Waals surface area contributed by atoms with E-state index in [-0.39, 0.29) is 12.1 Å². The van der Waals surface area contributed by atoms with E-state index in [4.69, 9.17) is 10.8 Å². The van der Waals surface area contributed by atoms with E-state index < -0.39 is 24.0 Å². The van der Waals surface area contributed by atoms with Gasteiger partial charge >= 0.3 is 5.97 Å². The van der Waals surface area contributed by atoms with Crippen molar-refractivity contribution in [1.82, 2.24) is 9.78 Å². The van der Waals surface area contributed by atoms with Crippen molar-refractivity contribution < 1.29 is 18.7 Å². The Morgan fingerprint density at radius 1 is 1.73 bits per heavy atom. The summed E-state index contributed by atoms with van der Waals surface area (Å²) in [5.41, 5.74) is 4.68. The molecular weight excluding hydrogens is 208 g/mol. The molecule has 15 heavy (non-hydrogen) atoms. The molecule has 7 heteroatoms. The molecule has 1 unspecified atom stereocenters. The first-order chi connectivity index (χ1) is 6.97. The second-order valence-electron chi connectivity index (χ2n) is 3.07. The Hall–Kier alpha value is -1.50. The van der Waals surface area contributed by atoms with Crippen LogP contribution in [0.3, 0.4) is 0 Å². The van der Waals surface area contributed by atoms with E-state index in [0.717, 1.165) is 4.68 Å². The highest BCUT2D eigenvalue weighted by atomic mass is 19.3. The normalized spacial score (nSPS) is 13.1. The maximum absolute atomic E-state index is 12.5. The van der Waals surface area contributed by atoms with Crippen LogP contribution < -0.4 is 5.73 Å². The molecule has 3 N–H and O–H groups in total. The molecule has 0 amide bonds. The van der Waals surface area contributed by atoms with Gasteiger partial charge < -0.3 is 10.8 Å². The molecule has 0 spiro atoms. The number of carboxylic acids is 1. The van der Waals surface area contributed by atoms with Crippen LogP contribution in [0.1, 0.15) is 23.6 Å². The Morgan fingerprint density at radius 3 is 2.73 bits per heavy atom. The van der Waals surface area contributed by atoms with Crippen molar-refractivity contribution in [3.63, 3.8) is 0 Å². The third-order valence-electron chi connectivity index (χ3n) is 2.00. The summed E-state index contributed by atoms with van der Waals surface area (Å²) in [6.07, 6.45) is -1.54. The van der Waals surface area contributed by atoms with Gasteiger partial charge in [-0.15, -0.1) is 0 Å². The number of nitrogens with two attached hydrogens (primary N) is 1. The Labute approximate surface area is 84.5 Å². The van der Waals surface area contributed by atoms with Crippen LogP contribution in [-0.4, -0.2) is 27.4 Å². The minimum Gasteiger partial charge on any atom is -0.481 e. The summed E-state index contributed by atoms with van der Waals surface area (Å²) in [4.78, 5) is 10.8. The predicted octanol–water partition coefficient (Wildman–Crippen LogP) is 0.485. The third-order valence-corrected chi connectivity index (χ3v) is 2.00. The molecule has 1 heterocycles. The monoisotopic (exact) mass is 219 g/mol. The second kappa shape index (κ2) is 4.35. The van der Waals surface area contributed by atoms with Crippen LogP contribution in [0.15, 0.2) is 6.20 Å². The van der Waals surface area contributed by atoms with Crippen LogP contribution in [0.25, 0.3) is 0 Å². The topological polar surface area (TPSA) is 81.1 Å². The number of hydrogen-bond acceptors (Lipinski definition) is 3. The smallest absolute Gasteiger partial charge is 0.312 e. The molecule has 0 saturated carbocycles. The lowest BCUT2D eigenvalue weighted by molar-refractivity contribution is -0.138. The van der Waals surface area contributed by atoms with Gasteiger partial charge in [-0.1, -0.05) is 0 Å². The van der Waals surface area contributed by atoms with Crippen LogP contribution in [-0.2, 0) is 11.8 Å². The van der Waals surface area contributed by atoms with Gasteiger partial charge in [0.15, 0.2) is 0 Å². The van der Waals surface area contributed by atoms with E-state index in [1.165, 1.54) is 13.2 Å². The fraction of sp³-hybridized carbons (Fsp3) is 0.500. The summed E-state index contributed by atoms with van der Waals surface area (Å²) >= 11 is 0. The van der Waals surface area contributed by atoms with E-state index in [0.29, 0.717) is 0 Å². The van der Waals surface area contributed by atoms with Gasteiger partial charge in [0, 0.05) is 25.4 Å². The quantitative estimate of drug-likeness (QED) is 0.771. The number of rotatable bonds is 4. The van der Waals surface area contributed by atoms with Crippen molar-refractivity contribution in [2.24, 2.45) is 12.8 Å². The zero-order valence-corrected chi connectivity index (χ0v) is 8.02. The third kappa shape index (κ3) is 2.30. The van der Waals surface area contributed by atoms with Gasteiger partial charge in [0.2, 0.25) is 0 Å². The highest BCUT2D eigenvalue weighted by Gasteiger charge is 2.27. The van der Waals surface area contributed by atoms with Gasteiger partial charge in [-0.3, -0.25) is 9.48 Å². The van der Waals surface area contributed by atoms with Crippen molar-refractivity contribution >= 4 is 5.97 Å². The van der Waals surface area contributed by atoms with Gasteiger partial charge in [0.05, 0.1) is 5.92 Å². The zero-order chi connectivity index (χ0) is 11.6. The van der Waals surface area contributed by atoms with Gasteiger partial charge in [-0.25, -0.2) is 8.78 Å². The molecule has 0 fully saturated rings. The molecule has 1 aromatic heterocycles. The number of aromatic nitrogens is 2. The Morgan fingerprint density at radius 2 is 2.33 bits per heavy atom. The Kier molecular flexibility index (Phi) is 3.35. The van der Waals surface area contributed by atoms with Crippen LogP contribution in [0.5, 0.6) is 0 Å². The minimum absolute atomic E-state index is 0.0255. The molecule has 0 aliphatic carbocycles. The first-order valence-electron chi connectivity index (χ1n) is 4.21. The van der Waals surface area contributed by atoms with E-state index in [9.17, 15) is 13.6 Å². The molecule has 84 valence electrons. The molecule has 1 rings (SSSR count). The summed E-state index contributed by atoms with van der Waals surface area (Å²) in [5.74, 6) is -2.37. The summed E-state index contributed by atoms with van der Waals surface area (Å²) in [6.45, 7) is -0.235. The highest BCUT2D eigenvalue weighted by Crippen LogP contribution is 2.26.